The molecular formula is C24H15N5O5S. The number of fused-ring (bicyclic) bond motifs is 1. The van der Waals surface area contributed by atoms with E-state index in [9.17, 15) is 20.2 Å². The van der Waals surface area contributed by atoms with Gasteiger partial charge >= 0.3 is 5.97 Å². The molecule has 2 aromatic heterocycles. The van der Waals surface area contributed by atoms with Crippen LogP contribution in [0.1, 0.15) is 26.7 Å². The molecule has 1 aliphatic heterocycles. The summed E-state index contributed by atoms with van der Waals surface area (Å²) >= 11 is 1.28. The van der Waals surface area contributed by atoms with E-state index in [1.165, 1.54) is 23.5 Å². The quantitative estimate of drug-likeness (QED) is 0.181. The van der Waals surface area contributed by atoms with Crippen LogP contribution in [0.4, 0.5) is 5.69 Å². The summed E-state index contributed by atoms with van der Waals surface area (Å²) in [5.41, 5.74) is 8.23. The fourth-order valence-corrected chi connectivity index (χ4v) is 4.45. The summed E-state index contributed by atoms with van der Waals surface area (Å²) < 4.78 is 11.0. The Bertz CT molecular complexity index is 1520. The van der Waals surface area contributed by atoms with Crippen LogP contribution in [0.2, 0.25) is 0 Å². The predicted molar refractivity (Wildman–Crippen MR) is 126 cm³/mol. The maximum Gasteiger partial charge on any atom is 0.353 e. The number of nitro benzene ring substituents is 1. The second-order valence-corrected chi connectivity index (χ2v) is 8.43. The van der Waals surface area contributed by atoms with Gasteiger partial charge in [0, 0.05) is 17.7 Å². The number of benzene rings is 2. The molecular weight excluding hydrogens is 470 g/mol. The Morgan fingerprint density at radius 1 is 1.23 bits per heavy atom. The first-order valence-corrected chi connectivity index (χ1v) is 11.1. The number of aromatic nitrogens is 2. The first-order chi connectivity index (χ1) is 17.0. The molecule has 0 saturated heterocycles. The minimum atomic E-state index is -0.668. The van der Waals surface area contributed by atoms with Gasteiger partial charge in [0.05, 0.1) is 22.1 Å². The monoisotopic (exact) mass is 485 g/mol. The first kappa shape index (κ1) is 21.9. The van der Waals surface area contributed by atoms with Crippen molar-refractivity contribution >= 4 is 23.0 Å². The maximum atomic E-state index is 12.3. The zero-order valence-corrected chi connectivity index (χ0v) is 18.6. The average molecular weight is 485 g/mol. The van der Waals surface area contributed by atoms with Gasteiger partial charge in [0.25, 0.3) is 5.69 Å². The zero-order valence-electron chi connectivity index (χ0n) is 17.8. The number of rotatable bonds is 5. The van der Waals surface area contributed by atoms with Crippen LogP contribution in [0.25, 0.3) is 11.3 Å². The molecule has 5 rings (SSSR count). The number of carbonyl (C=O) groups is 1. The third-order valence-corrected chi connectivity index (χ3v) is 6.28. The molecule has 0 radical (unpaired) electrons. The molecule has 35 heavy (non-hydrogen) atoms. The van der Waals surface area contributed by atoms with E-state index in [-0.39, 0.29) is 23.0 Å². The molecule has 0 saturated carbocycles. The summed E-state index contributed by atoms with van der Waals surface area (Å²) in [6.45, 7) is 0. The van der Waals surface area contributed by atoms with Gasteiger partial charge in [-0.1, -0.05) is 30.3 Å². The first-order valence-electron chi connectivity index (χ1n) is 10.2. The van der Waals surface area contributed by atoms with Gasteiger partial charge in [-0.15, -0.1) is 16.4 Å². The molecule has 1 atom stereocenters. The predicted octanol–water partition coefficient (Wildman–Crippen LogP) is 4.48. The molecule has 2 aromatic carbocycles. The number of esters is 1. The van der Waals surface area contributed by atoms with Gasteiger partial charge in [-0.3, -0.25) is 15.2 Å². The lowest BCUT2D eigenvalue weighted by Crippen LogP contribution is -2.21. The number of nitro groups is 1. The van der Waals surface area contributed by atoms with Gasteiger partial charge < -0.3 is 15.2 Å². The van der Waals surface area contributed by atoms with E-state index in [0.717, 1.165) is 0 Å². The normalized spacial score (nSPS) is 14.5. The van der Waals surface area contributed by atoms with Crippen LogP contribution in [0.3, 0.4) is 0 Å². The molecule has 0 fully saturated rings. The molecule has 10 nitrogen and oxygen atoms in total. The smallest absolute Gasteiger partial charge is 0.353 e. The summed E-state index contributed by atoms with van der Waals surface area (Å²) in [5.74, 6) is -0.720. The van der Waals surface area contributed by atoms with Crippen LogP contribution in [-0.4, -0.2) is 21.1 Å². The highest BCUT2D eigenvalue weighted by Crippen LogP contribution is 2.46. The van der Waals surface area contributed by atoms with Crippen molar-refractivity contribution in [3.8, 4) is 29.0 Å². The van der Waals surface area contributed by atoms with Crippen molar-refractivity contribution in [3.63, 3.8) is 0 Å². The highest BCUT2D eigenvalue weighted by molar-refractivity contribution is 7.12. The van der Waals surface area contributed by atoms with Crippen LogP contribution >= 0.6 is 11.3 Å². The molecule has 3 heterocycles. The molecule has 0 amide bonds. The Morgan fingerprint density at radius 3 is 2.71 bits per heavy atom. The molecule has 0 unspecified atom stereocenters. The number of nitrogens with two attached hydrogens (primary N) is 1. The van der Waals surface area contributed by atoms with Gasteiger partial charge in [0.15, 0.2) is 0 Å². The molecule has 0 aliphatic carbocycles. The fraction of sp³-hybridized carbons (Fsp3) is 0.0417. The van der Waals surface area contributed by atoms with Crippen LogP contribution < -0.4 is 15.2 Å². The number of aromatic amines is 1. The lowest BCUT2D eigenvalue weighted by Gasteiger charge is -2.24. The molecule has 11 heteroatoms. The van der Waals surface area contributed by atoms with E-state index in [0.29, 0.717) is 33.0 Å². The van der Waals surface area contributed by atoms with E-state index < -0.39 is 16.8 Å². The molecule has 172 valence electrons. The number of thiophene rings is 1. The van der Waals surface area contributed by atoms with Crippen molar-refractivity contribution in [1.29, 1.82) is 5.26 Å². The molecule has 0 spiro atoms. The highest BCUT2D eigenvalue weighted by atomic mass is 32.1. The van der Waals surface area contributed by atoms with Gasteiger partial charge in [0.2, 0.25) is 11.8 Å². The van der Waals surface area contributed by atoms with Crippen LogP contribution in [-0.2, 0) is 0 Å². The number of H-pyrrole nitrogens is 1. The molecule has 4 aromatic rings. The minimum Gasteiger partial charge on any atom is -0.422 e. The van der Waals surface area contributed by atoms with Crippen LogP contribution in [0.5, 0.6) is 11.6 Å². The average Bonchev–Trinajstić information content (AvgIpc) is 3.54. The topological polar surface area (TPSA) is 157 Å². The maximum absolute atomic E-state index is 12.3. The van der Waals surface area contributed by atoms with Gasteiger partial charge in [-0.2, -0.15) is 5.26 Å². The lowest BCUT2D eigenvalue weighted by molar-refractivity contribution is -0.384. The molecule has 0 bridgehead atoms. The molecule has 3 N–H and O–H groups in total. The van der Waals surface area contributed by atoms with Crippen molar-refractivity contribution in [2.45, 2.75) is 5.92 Å². The Kier molecular flexibility index (Phi) is 5.48. The van der Waals surface area contributed by atoms with E-state index in [4.69, 9.17) is 15.2 Å². The van der Waals surface area contributed by atoms with Crippen molar-refractivity contribution in [2.75, 3.05) is 0 Å². The Labute approximate surface area is 202 Å². The SMILES string of the molecule is N#CC1=C(N)Oc2n[nH]c(-c3cccc([N+](=O)[O-])c3)c2[C@H]1c1ccc(OC(=O)c2cccs2)cc1. The number of allylic oxidation sites excluding steroid dienone is 1. The van der Waals surface area contributed by atoms with Crippen molar-refractivity contribution < 1.29 is 19.2 Å². The van der Waals surface area contributed by atoms with E-state index >= 15 is 0 Å². The summed E-state index contributed by atoms with van der Waals surface area (Å²) in [5, 5.41) is 30.0. The number of nitrogens with one attached hydrogen (secondary N) is 1. The largest absolute Gasteiger partial charge is 0.422 e. The number of carbonyl (C=O) groups excluding carboxylic acids is 1. The number of nitriles is 1. The van der Waals surface area contributed by atoms with Crippen LogP contribution in [0.15, 0.2) is 77.5 Å². The Morgan fingerprint density at radius 2 is 2.03 bits per heavy atom. The summed E-state index contributed by atoms with van der Waals surface area (Å²) in [6.07, 6.45) is 0. The second-order valence-electron chi connectivity index (χ2n) is 7.49. The fourth-order valence-electron chi connectivity index (χ4n) is 3.85. The number of hydrogen-bond donors (Lipinski definition) is 2. The van der Waals surface area contributed by atoms with E-state index in [1.54, 1.807) is 53.9 Å². The Hall–Kier alpha value is -4.95. The van der Waals surface area contributed by atoms with Gasteiger partial charge in [-0.05, 0) is 29.1 Å². The van der Waals surface area contributed by atoms with Crippen molar-refractivity contribution in [2.24, 2.45) is 5.73 Å². The zero-order chi connectivity index (χ0) is 24.5. The van der Waals surface area contributed by atoms with Crippen molar-refractivity contribution in [1.82, 2.24) is 10.2 Å². The second kappa shape index (κ2) is 8.77. The van der Waals surface area contributed by atoms with Crippen molar-refractivity contribution in [3.05, 3.63) is 104 Å². The Balaban J connectivity index is 1.55. The third-order valence-electron chi connectivity index (χ3n) is 5.43. The summed E-state index contributed by atoms with van der Waals surface area (Å²) in [7, 11) is 0. The number of ether oxygens (including phenoxy) is 2. The lowest BCUT2D eigenvalue weighted by atomic mass is 9.83. The summed E-state index contributed by atoms with van der Waals surface area (Å²) in [6, 6.07) is 18.2. The number of hydrogen-bond acceptors (Lipinski definition) is 9. The standard InChI is InChI=1S/C24H15N5O5S/c25-12-17-19(13-6-8-16(9-7-13)33-24(30)18-5-2-10-35-18)20-21(27-28-23(20)34-22(17)26)14-3-1-4-15(11-14)29(31)32/h1-11,19H,26H2,(H,27,28)/t19-/m0/s1. The van der Waals surface area contributed by atoms with E-state index in [1.807, 2.05) is 0 Å². The van der Waals surface area contributed by atoms with E-state index in [2.05, 4.69) is 16.3 Å². The minimum absolute atomic E-state index is 0.0877. The van der Waals surface area contributed by atoms with Gasteiger partial charge in [-0.25, -0.2) is 4.79 Å². The summed E-state index contributed by atoms with van der Waals surface area (Å²) in [4.78, 5) is 23.5. The number of nitrogens with zero attached hydrogens (tertiary/aromatic N) is 3. The third kappa shape index (κ3) is 3.98. The number of non-ortho nitro benzene ring substituents is 1. The van der Waals surface area contributed by atoms with Crippen LogP contribution in [0, 0.1) is 21.4 Å². The highest BCUT2D eigenvalue weighted by Gasteiger charge is 2.35. The molecule has 1 aliphatic rings. The van der Waals surface area contributed by atoms with Gasteiger partial charge in [0.1, 0.15) is 22.3 Å².